The Kier molecular flexibility index (Phi) is 5.63. The molecule has 1 aliphatic rings. The maximum Gasteiger partial charge on any atom is 0.214 e. The third-order valence-electron chi connectivity index (χ3n) is 4.53. The monoisotopic (exact) mass is 273 g/mol. The number of carbonyl (C=O) groups is 1. The van der Waals surface area contributed by atoms with Gasteiger partial charge in [0.15, 0.2) is 0 Å². The summed E-state index contributed by atoms with van der Waals surface area (Å²) in [5.74, 6) is 0.683. The van der Waals surface area contributed by atoms with Gasteiger partial charge in [0.05, 0.1) is 0 Å². The summed E-state index contributed by atoms with van der Waals surface area (Å²) in [6.07, 6.45) is 9.82. The van der Waals surface area contributed by atoms with E-state index in [4.69, 9.17) is 0 Å². The second-order valence-corrected chi connectivity index (χ2v) is 5.89. The molecule has 0 fully saturated rings. The quantitative estimate of drug-likeness (QED) is 0.498. The Morgan fingerprint density at radius 2 is 2.10 bits per heavy atom. The van der Waals surface area contributed by atoms with Gasteiger partial charge < -0.3 is 4.90 Å². The Morgan fingerprint density at radius 3 is 2.80 bits per heavy atom. The molecular weight excluding hydrogens is 246 g/mol. The van der Waals surface area contributed by atoms with Crippen molar-refractivity contribution in [3.63, 3.8) is 0 Å². The molecule has 0 N–H and O–H groups in total. The molecule has 0 aromatic heterocycles. The van der Waals surface area contributed by atoms with Crippen LogP contribution >= 0.6 is 0 Å². The number of benzene rings is 1. The molecule has 0 bridgehead atoms. The molecule has 0 saturated heterocycles. The molecule has 1 heterocycles. The van der Waals surface area contributed by atoms with E-state index in [9.17, 15) is 4.79 Å². The standard InChI is InChI=1S/C18H27NO/c1-3-5-6-7-8-15(4-2)16-9-10-18-17(13-16)11-12-19(18)14-20/h9-10,13-15H,3-8,11-12H2,1-2H3. The van der Waals surface area contributed by atoms with Gasteiger partial charge in [-0.05, 0) is 42.4 Å². The van der Waals surface area contributed by atoms with Gasteiger partial charge in [-0.2, -0.15) is 0 Å². The molecule has 2 nitrogen and oxygen atoms in total. The Bertz CT molecular complexity index is 441. The van der Waals surface area contributed by atoms with Crippen molar-refractivity contribution in [2.75, 3.05) is 11.4 Å². The van der Waals surface area contributed by atoms with Crippen molar-refractivity contribution in [2.45, 2.75) is 64.7 Å². The Hall–Kier alpha value is -1.31. The van der Waals surface area contributed by atoms with Crippen LogP contribution in [0.2, 0.25) is 0 Å². The summed E-state index contributed by atoms with van der Waals surface area (Å²) in [4.78, 5) is 12.8. The summed E-state index contributed by atoms with van der Waals surface area (Å²) in [6, 6.07) is 6.71. The smallest absolute Gasteiger partial charge is 0.214 e. The third kappa shape index (κ3) is 3.41. The molecule has 1 aliphatic heterocycles. The molecule has 1 aromatic rings. The lowest BCUT2D eigenvalue weighted by atomic mass is 9.89. The highest BCUT2D eigenvalue weighted by Gasteiger charge is 2.20. The van der Waals surface area contributed by atoms with Crippen molar-refractivity contribution in [1.29, 1.82) is 0 Å². The van der Waals surface area contributed by atoms with Crippen LogP contribution in [0.4, 0.5) is 5.69 Å². The van der Waals surface area contributed by atoms with Crippen molar-refractivity contribution in [3.8, 4) is 0 Å². The van der Waals surface area contributed by atoms with Gasteiger partial charge in [-0.15, -0.1) is 0 Å². The highest BCUT2D eigenvalue weighted by atomic mass is 16.1. The van der Waals surface area contributed by atoms with Crippen LogP contribution in [0.5, 0.6) is 0 Å². The maximum atomic E-state index is 11.0. The largest absolute Gasteiger partial charge is 0.314 e. The third-order valence-corrected chi connectivity index (χ3v) is 4.53. The predicted octanol–water partition coefficient (Wildman–Crippen LogP) is 4.67. The van der Waals surface area contributed by atoms with Gasteiger partial charge in [-0.3, -0.25) is 4.79 Å². The van der Waals surface area contributed by atoms with E-state index in [2.05, 4.69) is 32.0 Å². The van der Waals surface area contributed by atoms with Crippen LogP contribution in [0.3, 0.4) is 0 Å². The van der Waals surface area contributed by atoms with Crippen LogP contribution < -0.4 is 4.90 Å². The van der Waals surface area contributed by atoms with E-state index < -0.39 is 0 Å². The molecule has 0 aliphatic carbocycles. The first-order chi connectivity index (χ1) is 9.80. The average Bonchev–Trinajstić information content (AvgIpc) is 2.89. The molecule has 1 unspecified atom stereocenters. The lowest BCUT2D eigenvalue weighted by Gasteiger charge is -2.17. The van der Waals surface area contributed by atoms with E-state index >= 15 is 0 Å². The van der Waals surface area contributed by atoms with Crippen molar-refractivity contribution < 1.29 is 4.79 Å². The van der Waals surface area contributed by atoms with E-state index in [1.807, 2.05) is 4.90 Å². The SMILES string of the molecule is CCCCCCC(CC)c1ccc2c(c1)CCN2C=O. The van der Waals surface area contributed by atoms with Gasteiger partial charge in [0.1, 0.15) is 0 Å². The van der Waals surface area contributed by atoms with Crippen molar-refractivity contribution in [1.82, 2.24) is 0 Å². The minimum absolute atomic E-state index is 0.683. The number of anilines is 1. The van der Waals surface area contributed by atoms with E-state index in [1.54, 1.807) is 0 Å². The molecule has 2 heteroatoms. The first kappa shape index (κ1) is 15.1. The molecule has 110 valence electrons. The zero-order chi connectivity index (χ0) is 14.4. The van der Waals surface area contributed by atoms with Crippen LogP contribution in [0.25, 0.3) is 0 Å². The number of hydrogen-bond acceptors (Lipinski definition) is 1. The van der Waals surface area contributed by atoms with Gasteiger partial charge in [-0.25, -0.2) is 0 Å². The fourth-order valence-corrected chi connectivity index (χ4v) is 3.23. The Labute approximate surface area is 123 Å². The number of fused-ring (bicyclic) bond motifs is 1. The topological polar surface area (TPSA) is 20.3 Å². The fourth-order valence-electron chi connectivity index (χ4n) is 3.23. The number of nitrogens with zero attached hydrogens (tertiary/aromatic N) is 1. The van der Waals surface area contributed by atoms with E-state index in [0.29, 0.717) is 5.92 Å². The first-order valence-electron chi connectivity index (χ1n) is 8.14. The molecule has 20 heavy (non-hydrogen) atoms. The summed E-state index contributed by atoms with van der Waals surface area (Å²) in [5, 5.41) is 0. The lowest BCUT2D eigenvalue weighted by Crippen LogP contribution is -2.17. The molecule has 1 amide bonds. The molecule has 1 atom stereocenters. The van der Waals surface area contributed by atoms with Crippen LogP contribution in [0, 0.1) is 0 Å². The highest BCUT2D eigenvalue weighted by Crippen LogP contribution is 2.33. The second kappa shape index (κ2) is 7.47. The van der Waals surface area contributed by atoms with E-state index in [1.165, 1.54) is 49.7 Å². The van der Waals surface area contributed by atoms with Crippen LogP contribution in [0.1, 0.15) is 69.4 Å². The predicted molar refractivity (Wildman–Crippen MR) is 85.3 cm³/mol. The average molecular weight is 273 g/mol. The molecule has 0 spiro atoms. The van der Waals surface area contributed by atoms with Gasteiger partial charge in [0.25, 0.3) is 0 Å². The van der Waals surface area contributed by atoms with Gasteiger partial charge >= 0.3 is 0 Å². The van der Waals surface area contributed by atoms with E-state index in [0.717, 1.165) is 25.1 Å². The zero-order valence-electron chi connectivity index (χ0n) is 12.9. The van der Waals surface area contributed by atoms with Gasteiger partial charge in [0.2, 0.25) is 6.41 Å². The summed E-state index contributed by atoms with van der Waals surface area (Å²) >= 11 is 0. The second-order valence-electron chi connectivity index (χ2n) is 5.89. The molecular formula is C18H27NO. The molecule has 2 rings (SSSR count). The minimum Gasteiger partial charge on any atom is -0.314 e. The first-order valence-corrected chi connectivity index (χ1v) is 8.14. The van der Waals surface area contributed by atoms with E-state index in [-0.39, 0.29) is 0 Å². The number of rotatable bonds is 8. The highest BCUT2D eigenvalue weighted by molar-refractivity contribution is 5.79. The summed E-state index contributed by atoms with van der Waals surface area (Å²) in [6.45, 7) is 5.39. The molecule has 1 aromatic carbocycles. The summed E-state index contributed by atoms with van der Waals surface area (Å²) in [5.41, 5.74) is 3.93. The summed E-state index contributed by atoms with van der Waals surface area (Å²) in [7, 11) is 0. The fraction of sp³-hybridized carbons (Fsp3) is 0.611. The maximum absolute atomic E-state index is 11.0. The van der Waals surface area contributed by atoms with Crippen molar-refractivity contribution in [3.05, 3.63) is 29.3 Å². The molecule has 0 radical (unpaired) electrons. The molecule has 0 saturated carbocycles. The number of carbonyl (C=O) groups excluding carboxylic acids is 1. The van der Waals surface area contributed by atoms with Gasteiger partial charge in [-0.1, -0.05) is 51.7 Å². The number of unbranched alkanes of at least 4 members (excludes halogenated alkanes) is 3. The number of hydrogen-bond donors (Lipinski definition) is 0. The van der Waals surface area contributed by atoms with Crippen LogP contribution in [-0.4, -0.2) is 13.0 Å². The normalized spacial score (nSPS) is 15.2. The Balaban J connectivity index is 2.02. The van der Waals surface area contributed by atoms with Gasteiger partial charge in [0, 0.05) is 12.2 Å². The zero-order valence-corrected chi connectivity index (χ0v) is 12.9. The van der Waals surface area contributed by atoms with Crippen LogP contribution in [-0.2, 0) is 11.2 Å². The van der Waals surface area contributed by atoms with Crippen LogP contribution in [0.15, 0.2) is 18.2 Å². The summed E-state index contributed by atoms with van der Waals surface area (Å²) < 4.78 is 0. The van der Waals surface area contributed by atoms with Crippen molar-refractivity contribution >= 4 is 12.1 Å². The van der Waals surface area contributed by atoms with Crippen molar-refractivity contribution in [2.24, 2.45) is 0 Å². The lowest BCUT2D eigenvalue weighted by molar-refractivity contribution is -0.107. The minimum atomic E-state index is 0.683. The number of amides is 1. The Morgan fingerprint density at radius 1 is 1.25 bits per heavy atom.